The monoisotopic (exact) mass is 318 g/mol. The molecule has 0 rings (SSSR count). The molecule has 0 aromatic heterocycles. The van der Waals surface area contributed by atoms with Crippen molar-refractivity contribution in [2.24, 2.45) is 0 Å². The van der Waals surface area contributed by atoms with Crippen molar-refractivity contribution in [2.75, 3.05) is 26.8 Å². The van der Waals surface area contributed by atoms with E-state index in [0.29, 0.717) is 13.2 Å². The molecule has 0 saturated heterocycles. The molecule has 2 unspecified atom stereocenters. The number of alkyl carbamates (subject to hydrolysis) is 1. The number of aliphatic hydroxyl groups is 1. The Kier molecular flexibility index (Phi) is 11.2. The van der Waals surface area contributed by atoms with Gasteiger partial charge in [-0.15, -0.1) is 0 Å². The molecule has 1 amide bonds. The number of ether oxygens (including phenoxy) is 2. The predicted molar refractivity (Wildman–Crippen MR) is 88.1 cm³/mol. The lowest BCUT2D eigenvalue weighted by Gasteiger charge is -2.20. The molecule has 0 fully saturated rings. The van der Waals surface area contributed by atoms with E-state index >= 15 is 0 Å². The minimum absolute atomic E-state index is 0.249. The summed E-state index contributed by atoms with van der Waals surface area (Å²) in [6, 6.07) is 0.263. The van der Waals surface area contributed by atoms with E-state index in [1.165, 1.54) is 0 Å². The van der Waals surface area contributed by atoms with E-state index in [1.54, 1.807) is 14.0 Å². The summed E-state index contributed by atoms with van der Waals surface area (Å²) >= 11 is 0. The zero-order valence-corrected chi connectivity index (χ0v) is 14.8. The van der Waals surface area contributed by atoms with Crippen molar-refractivity contribution in [3.05, 3.63) is 0 Å². The second-order valence-electron chi connectivity index (χ2n) is 6.67. The van der Waals surface area contributed by atoms with Crippen LogP contribution in [0.5, 0.6) is 0 Å². The Hall–Kier alpha value is -0.850. The standard InChI is InChI=1S/C16H34N2O4/c1-13(19)8-6-10-17-14(12-21-5)9-7-11-18-15(20)22-16(2,3)4/h13-14,17,19H,6-12H2,1-5H3,(H,18,20). The van der Waals surface area contributed by atoms with Crippen molar-refractivity contribution >= 4 is 6.09 Å². The lowest BCUT2D eigenvalue weighted by molar-refractivity contribution is 0.0526. The fraction of sp³-hybridized carbons (Fsp3) is 0.938. The Labute approximate surface area is 134 Å². The molecule has 2 atom stereocenters. The van der Waals surface area contributed by atoms with E-state index in [2.05, 4.69) is 10.6 Å². The normalized spacial score (nSPS) is 14.5. The van der Waals surface area contributed by atoms with Crippen molar-refractivity contribution in [2.45, 2.75) is 71.1 Å². The van der Waals surface area contributed by atoms with Gasteiger partial charge in [0.25, 0.3) is 0 Å². The van der Waals surface area contributed by atoms with Gasteiger partial charge in [0.1, 0.15) is 5.60 Å². The highest BCUT2D eigenvalue weighted by molar-refractivity contribution is 5.67. The van der Waals surface area contributed by atoms with Gasteiger partial charge >= 0.3 is 6.09 Å². The third-order valence-electron chi connectivity index (χ3n) is 3.00. The number of carbonyl (C=O) groups excluding carboxylic acids is 1. The average Bonchev–Trinajstić information content (AvgIpc) is 2.37. The number of hydrogen-bond donors (Lipinski definition) is 3. The quantitative estimate of drug-likeness (QED) is 0.508. The first-order chi connectivity index (χ1) is 10.2. The molecule has 0 bridgehead atoms. The maximum absolute atomic E-state index is 11.5. The van der Waals surface area contributed by atoms with Gasteiger partial charge in [0.05, 0.1) is 12.7 Å². The molecular formula is C16H34N2O4. The van der Waals surface area contributed by atoms with Gasteiger partial charge < -0.3 is 25.2 Å². The number of rotatable bonds is 11. The molecule has 0 aromatic carbocycles. The number of nitrogens with one attached hydrogen (secondary N) is 2. The molecule has 22 heavy (non-hydrogen) atoms. The fourth-order valence-corrected chi connectivity index (χ4v) is 2.00. The second kappa shape index (κ2) is 11.7. The SMILES string of the molecule is COCC(CCCNC(=O)OC(C)(C)C)NCCCC(C)O. The van der Waals surface area contributed by atoms with Crippen molar-refractivity contribution < 1.29 is 19.4 Å². The topological polar surface area (TPSA) is 79.8 Å². The Morgan fingerprint density at radius 2 is 1.82 bits per heavy atom. The summed E-state index contributed by atoms with van der Waals surface area (Å²) in [5, 5.41) is 15.4. The lowest BCUT2D eigenvalue weighted by Crippen LogP contribution is -2.36. The van der Waals surface area contributed by atoms with Gasteiger partial charge in [-0.05, 0) is 59.9 Å². The van der Waals surface area contributed by atoms with Crippen LogP contribution in [0.1, 0.15) is 53.4 Å². The fourth-order valence-electron chi connectivity index (χ4n) is 2.00. The summed E-state index contributed by atoms with van der Waals surface area (Å²) < 4.78 is 10.4. The van der Waals surface area contributed by atoms with Gasteiger partial charge in [-0.3, -0.25) is 0 Å². The number of aliphatic hydroxyl groups excluding tert-OH is 1. The van der Waals surface area contributed by atoms with E-state index < -0.39 is 5.60 Å². The first-order valence-corrected chi connectivity index (χ1v) is 8.12. The summed E-state index contributed by atoms with van der Waals surface area (Å²) in [6.07, 6.45) is 2.89. The van der Waals surface area contributed by atoms with Crippen molar-refractivity contribution in [3.63, 3.8) is 0 Å². The molecule has 0 spiro atoms. The Morgan fingerprint density at radius 1 is 1.18 bits per heavy atom. The third kappa shape index (κ3) is 14.1. The minimum atomic E-state index is -0.464. The van der Waals surface area contributed by atoms with Crippen LogP contribution >= 0.6 is 0 Å². The van der Waals surface area contributed by atoms with Crippen molar-refractivity contribution in [1.29, 1.82) is 0 Å². The van der Waals surface area contributed by atoms with Crippen LogP contribution in [-0.2, 0) is 9.47 Å². The van der Waals surface area contributed by atoms with Gasteiger partial charge in [0.2, 0.25) is 0 Å². The van der Waals surface area contributed by atoms with Crippen LogP contribution in [0.15, 0.2) is 0 Å². The average molecular weight is 318 g/mol. The molecule has 3 N–H and O–H groups in total. The van der Waals surface area contributed by atoms with Crippen LogP contribution in [-0.4, -0.2) is 55.8 Å². The molecule has 6 nitrogen and oxygen atoms in total. The maximum Gasteiger partial charge on any atom is 0.407 e. The largest absolute Gasteiger partial charge is 0.444 e. The molecule has 132 valence electrons. The highest BCUT2D eigenvalue weighted by atomic mass is 16.6. The minimum Gasteiger partial charge on any atom is -0.444 e. The molecule has 0 aliphatic rings. The van der Waals surface area contributed by atoms with Gasteiger partial charge in [-0.25, -0.2) is 4.79 Å². The summed E-state index contributed by atoms with van der Waals surface area (Å²) in [5.41, 5.74) is -0.464. The Morgan fingerprint density at radius 3 is 2.36 bits per heavy atom. The van der Waals surface area contributed by atoms with E-state index in [0.717, 1.165) is 32.2 Å². The lowest BCUT2D eigenvalue weighted by atomic mass is 10.1. The van der Waals surface area contributed by atoms with E-state index in [9.17, 15) is 9.90 Å². The van der Waals surface area contributed by atoms with Crippen molar-refractivity contribution in [3.8, 4) is 0 Å². The first-order valence-electron chi connectivity index (χ1n) is 8.12. The summed E-state index contributed by atoms with van der Waals surface area (Å²) in [4.78, 5) is 11.5. The van der Waals surface area contributed by atoms with E-state index in [4.69, 9.17) is 9.47 Å². The second-order valence-corrected chi connectivity index (χ2v) is 6.67. The summed E-state index contributed by atoms with van der Waals surface area (Å²) in [6.45, 7) is 9.42. The summed E-state index contributed by atoms with van der Waals surface area (Å²) in [5.74, 6) is 0. The van der Waals surface area contributed by atoms with E-state index in [1.807, 2.05) is 20.8 Å². The molecule has 0 heterocycles. The van der Waals surface area contributed by atoms with Crippen LogP contribution in [0.25, 0.3) is 0 Å². The third-order valence-corrected chi connectivity index (χ3v) is 3.00. The molecule has 0 aromatic rings. The van der Waals surface area contributed by atoms with Crippen LogP contribution in [0.4, 0.5) is 4.79 Å². The van der Waals surface area contributed by atoms with Crippen LogP contribution in [0.3, 0.4) is 0 Å². The zero-order chi connectivity index (χ0) is 17.0. The van der Waals surface area contributed by atoms with Gasteiger partial charge in [-0.2, -0.15) is 0 Å². The smallest absolute Gasteiger partial charge is 0.407 e. The van der Waals surface area contributed by atoms with Crippen LogP contribution in [0, 0.1) is 0 Å². The van der Waals surface area contributed by atoms with Crippen LogP contribution < -0.4 is 10.6 Å². The van der Waals surface area contributed by atoms with E-state index in [-0.39, 0.29) is 18.2 Å². The number of hydrogen-bond acceptors (Lipinski definition) is 5. The van der Waals surface area contributed by atoms with Crippen LogP contribution in [0.2, 0.25) is 0 Å². The maximum atomic E-state index is 11.5. The molecule has 0 radical (unpaired) electrons. The van der Waals surface area contributed by atoms with Crippen molar-refractivity contribution in [1.82, 2.24) is 10.6 Å². The van der Waals surface area contributed by atoms with Gasteiger partial charge in [-0.1, -0.05) is 0 Å². The number of amides is 1. The molecule has 0 aliphatic carbocycles. The predicted octanol–water partition coefficient (Wildman–Crippen LogP) is 2.06. The number of carbonyl (C=O) groups is 1. The summed E-state index contributed by atoms with van der Waals surface area (Å²) in [7, 11) is 1.68. The van der Waals surface area contributed by atoms with Gasteiger partial charge in [0.15, 0.2) is 0 Å². The first kappa shape index (κ1) is 21.1. The highest BCUT2D eigenvalue weighted by Gasteiger charge is 2.15. The Bertz CT molecular complexity index is 290. The molecule has 6 heteroatoms. The zero-order valence-electron chi connectivity index (χ0n) is 14.8. The highest BCUT2D eigenvalue weighted by Crippen LogP contribution is 2.06. The molecular weight excluding hydrogens is 284 g/mol. The molecule has 0 saturated carbocycles. The number of methoxy groups -OCH3 is 1. The molecule has 0 aliphatic heterocycles. The Balaban J connectivity index is 3.79. The van der Waals surface area contributed by atoms with Gasteiger partial charge in [0, 0.05) is 19.7 Å².